The van der Waals surface area contributed by atoms with Gasteiger partial charge in [0.25, 0.3) is 0 Å². The zero-order valence-corrected chi connectivity index (χ0v) is 18.1. The molecule has 1 rings (SSSR count). The van der Waals surface area contributed by atoms with Crippen LogP contribution in [0.15, 0.2) is 24.3 Å². The number of esters is 2. The van der Waals surface area contributed by atoms with Crippen LogP contribution in [-0.4, -0.2) is 60.1 Å². The minimum atomic E-state index is -1.86. The Bertz CT molecular complexity index is 845. The molecule has 1 aromatic carbocycles. The van der Waals surface area contributed by atoms with E-state index in [4.69, 9.17) is 9.47 Å². The molecule has 2 amide bonds. The van der Waals surface area contributed by atoms with Crippen molar-refractivity contribution in [1.82, 2.24) is 10.6 Å². The highest BCUT2D eigenvalue weighted by molar-refractivity contribution is 5.93. The maximum Gasteiger partial charge on any atom is 0.327 e. The van der Waals surface area contributed by atoms with E-state index in [0.717, 1.165) is 6.92 Å². The summed E-state index contributed by atoms with van der Waals surface area (Å²) in [5.74, 6) is -7.25. The molecule has 0 heterocycles. The number of carboxylic acids is 1. The highest BCUT2D eigenvalue weighted by Gasteiger charge is 2.39. The van der Waals surface area contributed by atoms with Crippen molar-refractivity contribution in [1.29, 1.82) is 0 Å². The molecule has 3 N–H and O–H groups in total. The summed E-state index contributed by atoms with van der Waals surface area (Å²) in [6.07, 6.45) is -0.922. The quantitative estimate of drug-likeness (QED) is 0.388. The predicted octanol–water partition coefficient (Wildman–Crippen LogP) is 0.575. The van der Waals surface area contributed by atoms with Crippen LogP contribution in [-0.2, 0) is 39.9 Å². The number of rotatable bonds is 12. The fourth-order valence-electron chi connectivity index (χ4n) is 2.91. The number of halogens is 1. The minimum absolute atomic E-state index is 0.00568. The van der Waals surface area contributed by atoms with E-state index in [1.807, 2.05) is 0 Å². The summed E-state index contributed by atoms with van der Waals surface area (Å²) in [5, 5.41) is 14.1. The summed E-state index contributed by atoms with van der Waals surface area (Å²) < 4.78 is 23.7. The minimum Gasteiger partial charge on any atom is -0.480 e. The fourth-order valence-corrected chi connectivity index (χ4v) is 2.91. The van der Waals surface area contributed by atoms with Gasteiger partial charge in [-0.3, -0.25) is 19.2 Å². The zero-order valence-electron chi connectivity index (χ0n) is 18.1. The lowest BCUT2D eigenvalue weighted by Crippen LogP contribution is -2.56. The van der Waals surface area contributed by atoms with E-state index in [1.165, 1.54) is 38.1 Å². The van der Waals surface area contributed by atoms with Gasteiger partial charge in [0.15, 0.2) is 0 Å². The molecule has 0 unspecified atom stereocenters. The van der Waals surface area contributed by atoms with Crippen LogP contribution in [0, 0.1) is 11.7 Å². The molecule has 0 aliphatic heterocycles. The average Bonchev–Trinajstić information content (AvgIpc) is 2.71. The lowest BCUT2D eigenvalue weighted by atomic mass is 9.95. The standard InChI is InChI=1S/C21H27FN2O8/c1-4-31-17(26)11-14(21(30)32-5-2)18(20(28)29)24-19(27)16(23-12(3)25)10-13-8-6-7-9-15(13)22/h6-9,14,16,18H,4-5,10-11H2,1-3H3,(H,23,25)(H,24,27)(H,28,29)/t14-,16+,18-/m0/s1. The first kappa shape index (κ1) is 26.5. The van der Waals surface area contributed by atoms with Crippen LogP contribution in [0.4, 0.5) is 4.39 Å². The Morgan fingerprint density at radius 3 is 2.19 bits per heavy atom. The predicted molar refractivity (Wildman–Crippen MR) is 109 cm³/mol. The van der Waals surface area contributed by atoms with Crippen LogP contribution in [0.2, 0.25) is 0 Å². The third-order valence-corrected chi connectivity index (χ3v) is 4.32. The number of carbonyl (C=O) groups excluding carboxylic acids is 4. The number of ether oxygens (including phenoxy) is 2. The van der Waals surface area contributed by atoms with Crippen LogP contribution in [0.3, 0.4) is 0 Å². The van der Waals surface area contributed by atoms with Crippen molar-refractivity contribution in [3.63, 3.8) is 0 Å². The molecule has 0 radical (unpaired) electrons. The Morgan fingerprint density at radius 1 is 1.03 bits per heavy atom. The van der Waals surface area contributed by atoms with Crippen molar-refractivity contribution in [3.8, 4) is 0 Å². The molecule has 1 aromatic rings. The van der Waals surface area contributed by atoms with Crippen LogP contribution in [0.1, 0.15) is 32.8 Å². The Morgan fingerprint density at radius 2 is 1.66 bits per heavy atom. The maximum absolute atomic E-state index is 14.0. The summed E-state index contributed by atoms with van der Waals surface area (Å²) in [6, 6.07) is 2.38. The number of carboxylic acid groups (broad SMARTS) is 1. The van der Waals surface area contributed by atoms with Gasteiger partial charge >= 0.3 is 17.9 Å². The SMILES string of the molecule is CCOC(=O)C[C@H](C(=O)OCC)[C@H](NC(=O)[C@@H](Cc1ccccc1F)NC(C)=O)C(=O)O. The maximum atomic E-state index is 14.0. The lowest BCUT2D eigenvalue weighted by molar-refractivity contribution is -0.160. The van der Waals surface area contributed by atoms with Crippen molar-refractivity contribution in [2.45, 2.75) is 45.7 Å². The van der Waals surface area contributed by atoms with Gasteiger partial charge in [0.1, 0.15) is 17.9 Å². The summed E-state index contributed by atoms with van der Waals surface area (Å²) in [6.45, 7) is 4.09. The van der Waals surface area contributed by atoms with Crippen molar-refractivity contribution in [2.24, 2.45) is 5.92 Å². The summed E-state index contributed by atoms with van der Waals surface area (Å²) in [7, 11) is 0. The van der Waals surface area contributed by atoms with Crippen molar-refractivity contribution < 1.29 is 42.9 Å². The van der Waals surface area contributed by atoms with E-state index in [0.29, 0.717) is 0 Å². The number of nitrogens with one attached hydrogen (secondary N) is 2. The van der Waals surface area contributed by atoms with Gasteiger partial charge in [-0.2, -0.15) is 0 Å². The molecular weight excluding hydrogens is 427 g/mol. The molecule has 0 aliphatic rings. The van der Waals surface area contributed by atoms with Gasteiger partial charge in [0.2, 0.25) is 11.8 Å². The Hall–Kier alpha value is -3.50. The molecule has 0 saturated heterocycles. The van der Waals surface area contributed by atoms with Crippen LogP contribution < -0.4 is 10.6 Å². The van der Waals surface area contributed by atoms with Gasteiger partial charge in [-0.25, -0.2) is 9.18 Å². The average molecular weight is 454 g/mol. The fraction of sp³-hybridized carbons (Fsp3) is 0.476. The van der Waals surface area contributed by atoms with Gasteiger partial charge in [-0.05, 0) is 25.5 Å². The van der Waals surface area contributed by atoms with E-state index in [-0.39, 0.29) is 25.2 Å². The third kappa shape index (κ3) is 8.32. The number of hydrogen-bond donors (Lipinski definition) is 3. The Kier molecular flexibility index (Phi) is 10.8. The first-order chi connectivity index (χ1) is 15.1. The van der Waals surface area contributed by atoms with Crippen molar-refractivity contribution >= 4 is 29.7 Å². The van der Waals surface area contributed by atoms with Crippen molar-refractivity contribution in [3.05, 3.63) is 35.6 Å². The second-order valence-corrected chi connectivity index (χ2v) is 6.74. The van der Waals surface area contributed by atoms with E-state index >= 15 is 0 Å². The van der Waals surface area contributed by atoms with Crippen LogP contribution >= 0.6 is 0 Å². The molecular formula is C21H27FN2O8. The van der Waals surface area contributed by atoms with E-state index in [1.54, 1.807) is 0 Å². The van der Waals surface area contributed by atoms with Crippen molar-refractivity contribution in [2.75, 3.05) is 13.2 Å². The van der Waals surface area contributed by atoms with Gasteiger partial charge in [0.05, 0.1) is 25.6 Å². The second kappa shape index (κ2) is 13.0. The van der Waals surface area contributed by atoms with Crippen LogP contribution in [0.25, 0.3) is 0 Å². The largest absolute Gasteiger partial charge is 0.480 e. The van der Waals surface area contributed by atoms with Gasteiger partial charge in [-0.1, -0.05) is 18.2 Å². The number of hydrogen-bond acceptors (Lipinski definition) is 7. The Balaban J connectivity index is 3.16. The van der Waals surface area contributed by atoms with E-state index in [2.05, 4.69) is 10.6 Å². The van der Waals surface area contributed by atoms with Gasteiger partial charge in [0, 0.05) is 13.3 Å². The molecule has 0 saturated carbocycles. The molecule has 0 bridgehead atoms. The van der Waals surface area contributed by atoms with E-state index < -0.39 is 60.0 Å². The smallest absolute Gasteiger partial charge is 0.327 e. The third-order valence-electron chi connectivity index (χ3n) is 4.32. The number of carbonyl (C=O) groups is 5. The molecule has 0 aromatic heterocycles. The molecule has 10 nitrogen and oxygen atoms in total. The molecule has 3 atom stereocenters. The molecule has 0 spiro atoms. The first-order valence-electron chi connectivity index (χ1n) is 9.96. The molecule has 176 valence electrons. The number of benzene rings is 1. The second-order valence-electron chi connectivity index (χ2n) is 6.74. The van der Waals surface area contributed by atoms with Gasteiger partial charge in [-0.15, -0.1) is 0 Å². The first-order valence-corrected chi connectivity index (χ1v) is 9.96. The Labute approximate surface area is 184 Å². The monoisotopic (exact) mass is 454 g/mol. The van der Waals surface area contributed by atoms with Crippen LogP contribution in [0.5, 0.6) is 0 Å². The number of amides is 2. The van der Waals surface area contributed by atoms with E-state index in [9.17, 15) is 33.5 Å². The molecule has 0 fully saturated rings. The molecule has 11 heteroatoms. The van der Waals surface area contributed by atoms with Gasteiger partial charge < -0.3 is 25.2 Å². The summed E-state index contributed by atoms with van der Waals surface area (Å²) in [5.41, 5.74) is 0.113. The topological polar surface area (TPSA) is 148 Å². The number of aliphatic carboxylic acids is 1. The highest BCUT2D eigenvalue weighted by Crippen LogP contribution is 2.15. The lowest BCUT2D eigenvalue weighted by Gasteiger charge is -2.25. The normalized spacial score (nSPS) is 13.2. The summed E-state index contributed by atoms with van der Waals surface area (Å²) in [4.78, 5) is 60.5. The zero-order chi connectivity index (χ0) is 24.3. The molecule has 0 aliphatic carbocycles. The molecule has 32 heavy (non-hydrogen) atoms. The highest BCUT2D eigenvalue weighted by atomic mass is 19.1. The summed E-state index contributed by atoms with van der Waals surface area (Å²) >= 11 is 0.